The highest BCUT2D eigenvalue weighted by atomic mass is 16.2. The van der Waals surface area contributed by atoms with Gasteiger partial charge in [0.1, 0.15) is 0 Å². The number of rotatable bonds is 3. The highest BCUT2D eigenvalue weighted by Gasteiger charge is 2.36. The lowest BCUT2D eigenvalue weighted by molar-refractivity contribution is -0.130. The van der Waals surface area contributed by atoms with Crippen molar-refractivity contribution in [2.45, 2.75) is 51.6 Å². The number of carbonyl (C=O) groups is 1. The Hall–Kier alpha value is -2.21. The maximum Gasteiger partial charge on any atom is 0.299 e. The van der Waals surface area contributed by atoms with Crippen LogP contribution in [0.25, 0.3) is 10.9 Å². The zero-order chi connectivity index (χ0) is 15.7. The molecule has 22 heavy (non-hydrogen) atoms. The molecule has 1 aromatic carbocycles. The van der Waals surface area contributed by atoms with Crippen LogP contribution in [-0.2, 0) is 11.2 Å². The Bertz CT molecular complexity index is 737. The molecule has 0 bridgehead atoms. The van der Waals surface area contributed by atoms with Crippen LogP contribution < -0.4 is 0 Å². The number of nitrogens with zero attached hydrogens (tertiary/aromatic N) is 1. The van der Waals surface area contributed by atoms with Crippen LogP contribution in [0.3, 0.4) is 0 Å². The van der Waals surface area contributed by atoms with Crippen molar-refractivity contribution >= 4 is 16.8 Å². The first-order chi connectivity index (χ1) is 10.7. The second-order valence-electron chi connectivity index (χ2n) is 6.10. The zero-order valence-electron chi connectivity index (χ0n) is 13.2. The van der Waals surface area contributed by atoms with E-state index in [0.29, 0.717) is 0 Å². The fourth-order valence-corrected chi connectivity index (χ4v) is 3.68. The molecular weight excluding hydrogens is 272 g/mol. The quantitative estimate of drug-likeness (QED) is 0.859. The van der Waals surface area contributed by atoms with Gasteiger partial charge >= 0.3 is 0 Å². The van der Waals surface area contributed by atoms with Gasteiger partial charge in [-0.2, -0.15) is 0 Å². The maximum absolute atomic E-state index is 12.3. The highest BCUT2D eigenvalue weighted by molar-refractivity contribution is 5.94. The summed E-state index contributed by atoms with van der Waals surface area (Å²) in [5.41, 5.74) is 3.63. The van der Waals surface area contributed by atoms with E-state index in [-0.39, 0.29) is 18.0 Å². The molecule has 3 heteroatoms. The average Bonchev–Trinajstić information content (AvgIpc) is 2.91. The van der Waals surface area contributed by atoms with E-state index in [2.05, 4.69) is 43.0 Å². The molecule has 1 aliphatic rings. The molecule has 0 fully saturated rings. The zero-order valence-corrected chi connectivity index (χ0v) is 13.2. The Labute approximate surface area is 131 Å². The number of hydrogen-bond donors (Lipinski definition) is 1. The third-order valence-electron chi connectivity index (χ3n) is 4.76. The van der Waals surface area contributed by atoms with Crippen molar-refractivity contribution in [1.29, 1.82) is 0 Å². The third kappa shape index (κ3) is 2.29. The number of nitrogens with one attached hydrogen (secondary N) is 1. The van der Waals surface area contributed by atoms with Crippen molar-refractivity contribution in [2.24, 2.45) is 0 Å². The lowest BCUT2D eigenvalue weighted by Gasteiger charge is -2.39. The van der Waals surface area contributed by atoms with E-state index in [9.17, 15) is 4.79 Å². The van der Waals surface area contributed by atoms with E-state index in [1.807, 2.05) is 11.0 Å². The van der Waals surface area contributed by atoms with Crippen molar-refractivity contribution in [2.75, 3.05) is 0 Å². The topological polar surface area (TPSA) is 36.1 Å². The Kier molecular flexibility index (Phi) is 3.94. The molecule has 1 amide bonds. The summed E-state index contributed by atoms with van der Waals surface area (Å²) < 4.78 is 0. The number of aromatic amines is 1. The van der Waals surface area contributed by atoms with Gasteiger partial charge in [-0.3, -0.25) is 4.79 Å². The third-order valence-corrected chi connectivity index (χ3v) is 4.76. The van der Waals surface area contributed by atoms with Crippen molar-refractivity contribution < 1.29 is 4.79 Å². The number of fused-ring (bicyclic) bond motifs is 3. The van der Waals surface area contributed by atoms with E-state index in [1.165, 1.54) is 10.9 Å². The standard InChI is InChI=1S/C19H22N2O/c1-4-6-9-14-12-16-15-10-7-8-11-17(15)20-19(16)13(3)21(14)18(22)5-2/h2,7-8,10-11,13-14,20H,4,6,9,12H2,1,3H3. The van der Waals surface area contributed by atoms with Gasteiger partial charge in [0.15, 0.2) is 0 Å². The number of aromatic nitrogens is 1. The minimum Gasteiger partial charge on any atom is -0.356 e. The van der Waals surface area contributed by atoms with Crippen molar-refractivity contribution in [3.63, 3.8) is 0 Å². The molecule has 1 aromatic heterocycles. The number of hydrogen-bond acceptors (Lipinski definition) is 1. The van der Waals surface area contributed by atoms with Crippen molar-refractivity contribution in [1.82, 2.24) is 9.88 Å². The van der Waals surface area contributed by atoms with Crippen molar-refractivity contribution in [3.05, 3.63) is 35.5 Å². The normalized spacial score (nSPS) is 20.7. The van der Waals surface area contributed by atoms with Crippen LogP contribution in [0.1, 0.15) is 50.4 Å². The average molecular weight is 294 g/mol. The lowest BCUT2D eigenvalue weighted by atomic mass is 9.89. The van der Waals surface area contributed by atoms with E-state index >= 15 is 0 Å². The first-order valence-corrected chi connectivity index (χ1v) is 8.05. The lowest BCUT2D eigenvalue weighted by Crippen LogP contribution is -2.46. The Balaban J connectivity index is 2.07. The molecule has 0 saturated heterocycles. The molecule has 2 aromatic rings. The number of terminal acetylenes is 1. The molecule has 1 aliphatic heterocycles. The molecule has 2 heterocycles. The molecule has 0 aliphatic carbocycles. The summed E-state index contributed by atoms with van der Waals surface area (Å²) >= 11 is 0. The summed E-state index contributed by atoms with van der Waals surface area (Å²) in [4.78, 5) is 17.6. The van der Waals surface area contributed by atoms with Gasteiger partial charge in [0.2, 0.25) is 0 Å². The van der Waals surface area contributed by atoms with E-state index in [4.69, 9.17) is 6.42 Å². The first kappa shape index (κ1) is 14.7. The first-order valence-electron chi connectivity index (χ1n) is 8.05. The number of para-hydroxylation sites is 1. The van der Waals surface area contributed by atoms with Gasteiger partial charge in [-0.15, -0.1) is 6.42 Å². The van der Waals surface area contributed by atoms with Crippen LogP contribution in [0.4, 0.5) is 0 Å². The number of unbranched alkanes of at least 4 members (excludes halogenated alkanes) is 1. The van der Waals surface area contributed by atoms with Gasteiger partial charge in [-0.1, -0.05) is 38.0 Å². The molecular formula is C19H22N2O. The predicted molar refractivity (Wildman–Crippen MR) is 89.4 cm³/mol. The molecule has 0 spiro atoms. The molecule has 0 saturated carbocycles. The summed E-state index contributed by atoms with van der Waals surface area (Å²) in [5, 5.41) is 1.28. The van der Waals surface area contributed by atoms with Crippen molar-refractivity contribution in [3.8, 4) is 12.3 Å². The smallest absolute Gasteiger partial charge is 0.299 e. The van der Waals surface area contributed by atoms with Crippen LogP contribution in [0.15, 0.2) is 24.3 Å². The summed E-state index contributed by atoms with van der Waals surface area (Å²) in [6.07, 6.45) is 9.54. The summed E-state index contributed by atoms with van der Waals surface area (Å²) in [5.74, 6) is 2.11. The summed E-state index contributed by atoms with van der Waals surface area (Å²) in [6.45, 7) is 4.25. The molecule has 2 unspecified atom stereocenters. The second-order valence-corrected chi connectivity index (χ2v) is 6.10. The number of amides is 1. The van der Waals surface area contributed by atoms with E-state index in [1.54, 1.807) is 0 Å². The minimum absolute atomic E-state index is 0.00144. The molecule has 1 N–H and O–H groups in total. The Morgan fingerprint density at radius 2 is 2.23 bits per heavy atom. The number of H-pyrrole nitrogens is 1. The van der Waals surface area contributed by atoms with Crippen LogP contribution in [-0.4, -0.2) is 21.8 Å². The van der Waals surface area contributed by atoms with Gasteiger partial charge in [0.25, 0.3) is 5.91 Å². The monoisotopic (exact) mass is 294 g/mol. The Morgan fingerprint density at radius 1 is 1.45 bits per heavy atom. The van der Waals surface area contributed by atoms with Gasteiger partial charge in [-0.05, 0) is 37.3 Å². The molecule has 0 radical (unpaired) electrons. The second kappa shape index (κ2) is 5.88. The van der Waals surface area contributed by atoms with E-state index in [0.717, 1.165) is 36.9 Å². The summed E-state index contributed by atoms with van der Waals surface area (Å²) in [6, 6.07) is 8.56. The Morgan fingerprint density at radius 3 is 2.95 bits per heavy atom. The summed E-state index contributed by atoms with van der Waals surface area (Å²) in [7, 11) is 0. The van der Waals surface area contributed by atoms with Gasteiger partial charge < -0.3 is 9.88 Å². The minimum atomic E-state index is -0.196. The van der Waals surface area contributed by atoms with Crippen LogP contribution in [0.2, 0.25) is 0 Å². The highest BCUT2D eigenvalue weighted by Crippen LogP contribution is 2.38. The van der Waals surface area contributed by atoms with Crippen LogP contribution >= 0.6 is 0 Å². The molecule has 114 valence electrons. The van der Waals surface area contributed by atoms with Gasteiger partial charge in [0, 0.05) is 22.6 Å². The number of carbonyl (C=O) groups excluding carboxylic acids is 1. The molecule has 3 nitrogen and oxygen atoms in total. The van der Waals surface area contributed by atoms with Crippen LogP contribution in [0.5, 0.6) is 0 Å². The van der Waals surface area contributed by atoms with E-state index < -0.39 is 0 Å². The predicted octanol–water partition coefficient (Wildman–Crippen LogP) is 3.81. The van der Waals surface area contributed by atoms with Gasteiger partial charge in [-0.25, -0.2) is 0 Å². The number of benzene rings is 1. The fourth-order valence-electron chi connectivity index (χ4n) is 3.68. The maximum atomic E-state index is 12.3. The molecule has 2 atom stereocenters. The SMILES string of the molecule is C#CC(=O)N1C(CCCC)Cc2c([nH]c3ccccc23)C1C. The van der Waals surface area contributed by atoms with Gasteiger partial charge in [0.05, 0.1) is 6.04 Å². The largest absolute Gasteiger partial charge is 0.356 e. The molecule has 3 rings (SSSR count). The van der Waals surface area contributed by atoms with Crippen LogP contribution in [0, 0.1) is 12.3 Å². The fraction of sp³-hybridized carbons (Fsp3) is 0.421.